The number of benzene rings is 2. The molecule has 120 valence electrons. The Morgan fingerprint density at radius 1 is 1.00 bits per heavy atom. The second-order valence-electron chi connectivity index (χ2n) is 5.06. The summed E-state index contributed by atoms with van der Waals surface area (Å²) >= 11 is 0. The van der Waals surface area contributed by atoms with Crippen molar-refractivity contribution in [3.05, 3.63) is 65.7 Å². The van der Waals surface area contributed by atoms with Crippen LogP contribution < -0.4 is 4.74 Å². The maximum absolute atomic E-state index is 12.9. The van der Waals surface area contributed by atoms with Gasteiger partial charge in [0.25, 0.3) is 0 Å². The van der Waals surface area contributed by atoms with Crippen molar-refractivity contribution in [2.75, 3.05) is 13.7 Å². The summed E-state index contributed by atoms with van der Waals surface area (Å²) in [4.78, 5) is 25.1. The Bertz CT molecular complexity index is 664. The van der Waals surface area contributed by atoms with E-state index >= 15 is 0 Å². The fourth-order valence-corrected chi connectivity index (χ4v) is 2.41. The minimum Gasteiger partial charge on any atom is -0.496 e. The smallest absolute Gasteiger partial charge is 0.317 e. The van der Waals surface area contributed by atoms with Gasteiger partial charge in [-0.1, -0.05) is 42.5 Å². The number of ether oxygens (including phenoxy) is 2. The Morgan fingerprint density at radius 3 is 2.30 bits per heavy atom. The average Bonchev–Trinajstić information content (AvgIpc) is 2.60. The number of para-hydroxylation sites is 1. The third-order valence-electron chi connectivity index (χ3n) is 3.54. The van der Waals surface area contributed by atoms with Gasteiger partial charge in [-0.05, 0) is 31.0 Å². The number of ketones is 1. The number of carbonyl (C=O) groups excluding carboxylic acids is 2. The van der Waals surface area contributed by atoms with Gasteiger partial charge in [-0.2, -0.15) is 0 Å². The highest BCUT2D eigenvalue weighted by atomic mass is 16.5. The number of Topliss-reactive ketones (excluding diaryl/α,β-unsaturated/α-hetero) is 1. The molecular weight excluding hydrogens is 292 g/mol. The summed E-state index contributed by atoms with van der Waals surface area (Å²) in [5.74, 6) is -1.22. The summed E-state index contributed by atoms with van der Waals surface area (Å²) < 4.78 is 10.3. The van der Waals surface area contributed by atoms with Crippen molar-refractivity contribution in [1.82, 2.24) is 0 Å². The van der Waals surface area contributed by atoms with Gasteiger partial charge >= 0.3 is 5.97 Å². The van der Waals surface area contributed by atoms with Gasteiger partial charge < -0.3 is 9.47 Å². The molecule has 0 aliphatic carbocycles. The first-order chi connectivity index (χ1) is 11.2. The van der Waals surface area contributed by atoms with Crippen LogP contribution in [0.4, 0.5) is 0 Å². The summed E-state index contributed by atoms with van der Waals surface area (Å²) in [6, 6.07) is 16.3. The van der Waals surface area contributed by atoms with Crippen LogP contribution in [-0.2, 0) is 16.0 Å². The predicted molar refractivity (Wildman–Crippen MR) is 87.6 cm³/mol. The third-order valence-corrected chi connectivity index (χ3v) is 3.54. The topological polar surface area (TPSA) is 52.6 Å². The Balaban J connectivity index is 2.32. The lowest BCUT2D eigenvalue weighted by Gasteiger charge is -2.16. The summed E-state index contributed by atoms with van der Waals surface area (Å²) in [6.07, 6.45) is 0.302. The molecule has 0 aliphatic rings. The highest BCUT2D eigenvalue weighted by Crippen LogP contribution is 2.24. The van der Waals surface area contributed by atoms with Crippen LogP contribution in [0.3, 0.4) is 0 Å². The minimum absolute atomic E-state index is 0.239. The fraction of sp³-hybridized carbons (Fsp3) is 0.263. The molecule has 0 bridgehead atoms. The molecule has 0 aliphatic heterocycles. The highest BCUT2D eigenvalue weighted by molar-refractivity contribution is 6.10. The number of methoxy groups -OCH3 is 1. The minimum atomic E-state index is -0.881. The van der Waals surface area contributed by atoms with Crippen molar-refractivity contribution >= 4 is 11.8 Å². The largest absolute Gasteiger partial charge is 0.496 e. The molecular formula is C19H20O4. The summed E-state index contributed by atoms with van der Waals surface area (Å²) in [7, 11) is 1.50. The molecule has 0 radical (unpaired) electrons. The number of hydrogen-bond acceptors (Lipinski definition) is 4. The Hall–Kier alpha value is -2.62. The zero-order chi connectivity index (χ0) is 16.7. The summed E-state index contributed by atoms with van der Waals surface area (Å²) in [5.41, 5.74) is 1.30. The van der Waals surface area contributed by atoms with Gasteiger partial charge in [-0.15, -0.1) is 0 Å². The number of carbonyl (C=O) groups is 2. The van der Waals surface area contributed by atoms with E-state index in [0.29, 0.717) is 17.7 Å². The first kappa shape index (κ1) is 16.7. The SMILES string of the molecule is CCOC(=O)[C@H](Cc1ccccc1)C(=O)c1ccccc1OC. The molecule has 2 rings (SSSR count). The lowest BCUT2D eigenvalue weighted by molar-refractivity contribution is -0.146. The summed E-state index contributed by atoms with van der Waals surface area (Å²) in [6.45, 7) is 1.97. The van der Waals surface area contributed by atoms with E-state index in [1.165, 1.54) is 7.11 Å². The molecule has 2 aromatic carbocycles. The normalized spacial score (nSPS) is 11.6. The molecule has 2 aromatic rings. The molecule has 1 atom stereocenters. The Labute approximate surface area is 136 Å². The van der Waals surface area contributed by atoms with Crippen LogP contribution in [0, 0.1) is 5.92 Å². The average molecular weight is 312 g/mol. The van der Waals surface area contributed by atoms with E-state index in [-0.39, 0.29) is 12.4 Å². The predicted octanol–water partition coefficient (Wildman–Crippen LogP) is 3.30. The van der Waals surface area contributed by atoms with Crippen molar-refractivity contribution in [2.45, 2.75) is 13.3 Å². The van der Waals surface area contributed by atoms with Crippen molar-refractivity contribution in [3.8, 4) is 5.75 Å². The maximum Gasteiger partial charge on any atom is 0.317 e. The Morgan fingerprint density at radius 2 is 1.65 bits per heavy atom. The molecule has 0 saturated heterocycles. The summed E-state index contributed by atoms with van der Waals surface area (Å²) in [5, 5.41) is 0. The van der Waals surface area contributed by atoms with Crippen molar-refractivity contribution in [3.63, 3.8) is 0 Å². The van der Waals surface area contributed by atoms with Crippen LogP contribution in [0.2, 0.25) is 0 Å². The van der Waals surface area contributed by atoms with Crippen molar-refractivity contribution in [2.24, 2.45) is 5.92 Å². The van der Waals surface area contributed by atoms with E-state index in [1.807, 2.05) is 30.3 Å². The fourth-order valence-electron chi connectivity index (χ4n) is 2.41. The molecule has 0 heterocycles. The van der Waals surface area contributed by atoms with Gasteiger partial charge in [-0.25, -0.2) is 0 Å². The van der Waals surface area contributed by atoms with Gasteiger partial charge in [0, 0.05) is 0 Å². The van der Waals surface area contributed by atoms with E-state index in [0.717, 1.165) is 5.56 Å². The van der Waals surface area contributed by atoms with E-state index < -0.39 is 11.9 Å². The lowest BCUT2D eigenvalue weighted by atomic mass is 9.91. The van der Waals surface area contributed by atoms with Crippen molar-refractivity contribution in [1.29, 1.82) is 0 Å². The van der Waals surface area contributed by atoms with Crippen LogP contribution in [0.15, 0.2) is 54.6 Å². The highest BCUT2D eigenvalue weighted by Gasteiger charge is 2.30. The van der Waals surface area contributed by atoms with Gasteiger partial charge in [0.15, 0.2) is 5.78 Å². The molecule has 4 nitrogen and oxygen atoms in total. The van der Waals surface area contributed by atoms with Crippen LogP contribution in [0.25, 0.3) is 0 Å². The molecule has 0 fully saturated rings. The third kappa shape index (κ3) is 4.19. The number of rotatable bonds is 7. The van der Waals surface area contributed by atoms with Crippen molar-refractivity contribution < 1.29 is 19.1 Å². The van der Waals surface area contributed by atoms with Gasteiger partial charge in [-0.3, -0.25) is 9.59 Å². The van der Waals surface area contributed by atoms with E-state index in [4.69, 9.17) is 9.47 Å². The zero-order valence-corrected chi connectivity index (χ0v) is 13.3. The number of hydrogen-bond donors (Lipinski definition) is 0. The van der Waals surface area contributed by atoms with Crippen LogP contribution in [-0.4, -0.2) is 25.5 Å². The van der Waals surface area contributed by atoms with E-state index in [9.17, 15) is 9.59 Å². The first-order valence-electron chi connectivity index (χ1n) is 7.55. The molecule has 0 saturated carbocycles. The molecule has 23 heavy (non-hydrogen) atoms. The monoisotopic (exact) mass is 312 g/mol. The second kappa shape index (κ2) is 8.13. The molecule has 0 unspecified atom stereocenters. The maximum atomic E-state index is 12.9. The van der Waals surface area contributed by atoms with E-state index in [1.54, 1.807) is 31.2 Å². The molecule has 0 aromatic heterocycles. The standard InChI is InChI=1S/C19H20O4/c1-3-23-19(21)16(13-14-9-5-4-6-10-14)18(20)15-11-7-8-12-17(15)22-2/h4-12,16H,3,13H2,1-2H3/t16-/m1/s1. The molecule has 0 amide bonds. The molecule has 0 N–H and O–H groups in total. The van der Waals surface area contributed by atoms with Crippen LogP contribution in [0.1, 0.15) is 22.8 Å². The van der Waals surface area contributed by atoms with Gasteiger partial charge in [0.1, 0.15) is 11.7 Å². The van der Waals surface area contributed by atoms with Crippen LogP contribution in [0.5, 0.6) is 5.75 Å². The lowest BCUT2D eigenvalue weighted by Crippen LogP contribution is -2.28. The van der Waals surface area contributed by atoms with Gasteiger partial charge in [0.05, 0.1) is 19.3 Å². The van der Waals surface area contributed by atoms with E-state index in [2.05, 4.69) is 0 Å². The quantitative estimate of drug-likeness (QED) is 0.447. The number of esters is 1. The molecule has 0 spiro atoms. The van der Waals surface area contributed by atoms with Crippen LogP contribution >= 0.6 is 0 Å². The zero-order valence-electron chi connectivity index (χ0n) is 13.3. The second-order valence-corrected chi connectivity index (χ2v) is 5.06. The first-order valence-corrected chi connectivity index (χ1v) is 7.55. The molecule has 4 heteroatoms. The Kier molecular flexibility index (Phi) is 5.92. The van der Waals surface area contributed by atoms with Gasteiger partial charge in [0.2, 0.25) is 0 Å².